The fourth-order valence-electron chi connectivity index (χ4n) is 3.40. The monoisotopic (exact) mass is 370 g/mol. The third-order valence-corrected chi connectivity index (χ3v) is 5.10. The second-order valence-corrected chi connectivity index (χ2v) is 7.11. The van der Waals surface area contributed by atoms with Crippen LogP contribution in [0.4, 0.5) is 0 Å². The second-order valence-electron chi connectivity index (χ2n) is 7.11. The Morgan fingerprint density at radius 1 is 1.15 bits per heavy atom. The molecule has 0 N–H and O–H groups in total. The van der Waals surface area contributed by atoms with E-state index in [0.29, 0.717) is 19.7 Å². The lowest BCUT2D eigenvalue weighted by Gasteiger charge is -2.27. The maximum atomic E-state index is 13.1. The molecule has 0 aliphatic carbocycles. The van der Waals surface area contributed by atoms with Crippen molar-refractivity contribution in [2.75, 3.05) is 20.3 Å². The van der Waals surface area contributed by atoms with E-state index in [2.05, 4.69) is 61.0 Å². The smallest absolute Gasteiger partial charge is 0.226 e. The van der Waals surface area contributed by atoms with Gasteiger partial charge in [0.05, 0.1) is 13.2 Å². The number of hydrogen-bond acceptors (Lipinski definition) is 2. The Kier molecular flexibility index (Phi) is 9.12. The maximum absolute atomic E-state index is 13.1. The summed E-state index contributed by atoms with van der Waals surface area (Å²) in [5.41, 5.74) is 2.42. The number of benzene rings is 1. The van der Waals surface area contributed by atoms with Gasteiger partial charge in [-0.25, -0.2) is 0 Å². The molecule has 4 nitrogen and oxygen atoms in total. The normalized spacial score (nSPS) is 12.1. The van der Waals surface area contributed by atoms with Gasteiger partial charge in [-0.1, -0.05) is 57.0 Å². The van der Waals surface area contributed by atoms with Crippen LogP contribution in [0.2, 0.25) is 0 Å². The first-order valence-electron chi connectivity index (χ1n) is 10.1. The molecule has 0 bridgehead atoms. The fraction of sp³-hybridized carbons (Fsp3) is 0.522. The van der Waals surface area contributed by atoms with Crippen LogP contribution in [-0.4, -0.2) is 35.6 Å². The van der Waals surface area contributed by atoms with Crippen molar-refractivity contribution in [1.29, 1.82) is 0 Å². The molecular weight excluding hydrogens is 336 g/mol. The van der Waals surface area contributed by atoms with Crippen LogP contribution < -0.4 is 0 Å². The summed E-state index contributed by atoms with van der Waals surface area (Å²) in [5.74, 6) is 0.370. The van der Waals surface area contributed by atoms with E-state index in [0.717, 1.165) is 37.9 Å². The highest BCUT2D eigenvalue weighted by Gasteiger charge is 2.23. The molecule has 1 heterocycles. The van der Waals surface area contributed by atoms with Gasteiger partial charge in [0.15, 0.2) is 0 Å². The van der Waals surface area contributed by atoms with E-state index in [9.17, 15) is 4.79 Å². The predicted molar refractivity (Wildman–Crippen MR) is 111 cm³/mol. The van der Waals surface area contributed by atoms with Gasteiger partial charge in [0.2, 0.25) is 5.91 Å². The minimum absolute atomic E-state index is 0.111. The van der Waals surface area contributed by atoms with Gasteiger partial charge in [0.1, 0.15) is 0 Å². The van der Waals surface area contributed by atoms with Crippen molar-refractivity contribution in [3.8, 4) is 0 Å². The summed E-state index contributed by atoms with van der Waals surface area (Å²) < 4.78 is 7.49. The number of unbranched alkanes of at least 4 members (excludes halogenated alkanes) is 1. The van der Waals surface area contributed by atoms with E-state index in [-0.39, 0.29) is 11.8 Å². The summed E-state index contributed by atoms with van der Waals surface area (Å²) in [4.78, 5) is 15.1. The van der Waals surface area contributed by atoms with Crippen LogP contribution in [0.15, 0.2) is 48.7 Å². The second kappa shape index (κ2) is 11.6. The van der Waals surface area contributed by atoms with Gasteiger partial charge >= 0.3 is 0 Å². The molecule has 0 fully saturated rings. The Balaban J connectivity index is 2.11. The number of methoxy groups -OCH3 is 1. The molecule has 2 aromatic rings. The number of nitrogens with zero attached hydrogens (tertiary/aromatic N) is 2. The van der Waals surface area contributed by atoms with Crippen LogP contribution >= 0.6 is 0 Å². The van der Waals surface area contributed by atoms with Crippen molar-refractivity contribution in [1.82, 2.24) is 9.47 Å². The quantitative estimate of drug-likeness (QED) is 0.541. The van der Waals surface area contributed by atoms with E-state index in [1.165, 1.54) is 5.56 Å². The number of hydrogen-bond donors (Lipinski definition) is 0. The number of ether oxygens (including phenoxy) is 1. The maximum Gasteiger partial charge on any atom is 0.226 e. The first kappa shape index (κ1) is 21.2. The van der Waals surface area contributed by atoms with E-state index in [1.54, 1.807) is 7.11 Å². The Morgan fingerprint density at radius 3 is 2.59 bits per heavy atom. The Morgan fingerprint density at radius 2 is 1.93 bits per heavy atom. The van der Waals surface area contributed by atoms with Crippen molar-refractivity contribution < 1.29 is 9.53 Å². The van der Waals surface area contributed by atoms with E-state index in [4.69, 9.17) is 4.74 Å². The number of rotatable bonds is 12. The lowest BCUT2D eigenvalue weighted by molar-refractivity contribution is -0.137. The zero-order chi connectivity index (χ0) is 19.5. The molecular formula is C23H34N2O2. The van der Waals surface area contributed by atoms with Gasteiger partial charge in [0, 0.05) is 38.0 Å². The molecule has 1 amide bonds. The van der Waals surface area contributed by atoms with Gasteiger partial charge in [-0.3, -0.25) is 4.79 Å². The van der Waals surface area contributed by atoms with Crippen molar-refractivity contribution in [3.63, 3.8) is 0 Å². The average Bonchev–Trinajstić information content (AvgIpc) is 3.13. The highest BCUT2D eigenvalue weighted by Crippen LogP contribution is 2.18. The number of aromatic nitrogens is 1. The van der Waals surface area contributed by atoms with Crippen LogP contribution in [0.1, 0.15) is 50.8 Å². The minimum Gasteiger partial charge on any atom is -0.383 e. The molecule has 0 aliphatic rings. The van der Waals surface area contributed by atoms with E-state index < -0.39 is 0 Å². The SMILES string of the molecule is CCCCC(CC)C(=O)N(CCOC)Cc1cccn1Cc1ccccc1. The van der Waals surface area contributed by atoms with Crippen LogP contribution in [0, 0.1) is 5.92 Å². The highest BCUT2D eigenvalue weighted by atomic mass is 16.5. The van der Waals surface area contributed by atoms with Crippen LogP contribution in [0.5, 0.6) is 0 Å². The van der Waals surface area contributed by atoms with Crippen molar-refractivity contribution in [3.05, 3.63) is 59.9 Å². The predicted octanol–water partition coefficient (Wildman–Crippen LogP) is 4.73. The van der Waals surface area contributed by atoms with Crippen molar-refractivity contribution in [2.24, 2.45) is 5.92 Å². The minimum atomic E-state index is 0.111. The first-order chi connectivity index (χ1) is 13.2. The Bertz CT molecular complexity index is 666. The summed E-state index contributed by atoms with van der Waals surface area (Å²) in [5, 5.41) is 0. The van der Waals surface area contributed by atoms with Crippen molar-refractivity contribution >= 4 is 5.91 Å². The first-order valence-corrected chi connectivity index (χ1v) is 10.1. The van der Waals surface area contributed by atoms with Crippen LogP contribution in [0.3, 0.4) is 0 Å². The topological polar surface area (TPSA) is 34.5 Å². The third kappa shape index (κ3) is 6.55. The van der Waals surface area contributed by atoms with Gasteiger partial charge < -0.3 is 14.2 Å². The molecule has 27 heavy (non-hydrogen) atoms. The Hall–Kier alpha value is -2.07. The molecule has 1 aromatic heterocycles. The molecule has 0 spiro atoms. The van der Waals surface area contributed by atoms with E-state index >= 15 is 0 Å². The lowest BCUT2D eigenvalue weighted by Crippen LogP contribution is -2.38. The third-order valence-electron chi connectivity index (χ3n) is 5.10. The number of carbonyl (C=O) groups is 1. The average molecular weight is 371 g/mol. The van der Waals surface area contributed by atoms with Crippen molar-refractivity contribution in [2.45, 2.75) is 52.6 Å². The molecule has 1 unspecified atom stereocenters. The molecule has 0 radical (unpaired) electrons. The molecule has 2 rings (SSSR count). The molecule has 0 saturated carbocycles. The summed E-state index contributed by atoms with van der Waals surface area (Å²) in [6.07, 6.45) is 6.19. The molecule has 4 heteroatoms. The molecule has 148 valence electrons. The Labute approximate surface area is 164 Å². The van der Waals surface area contributed by atoms with E-state index in [1.807, 2.05) is 11.0 Å². The largest absolute Gasteiger partial charge is 0.383 e. The summed E-state index contributed by atoms with van der Waals surface area (Å²) in [7, 11) is 1.69. The number of amides is 1. The summed E-state index contributed by atoms with van der Waals surface area (Å²) in [6, 6.07) is 14.6. The summed E-state index contributed by atoms with van der Waals surface area (Å²) in [6.45, 7) is 6.94. The van der Waals surface area contributed by atoms with Gasteiger partial charge in [-0.05, 0) is 30.5 Å². The summed E-state index contributed by atoms with van der Waals surface area (Å²) >= 11 is 0. The highest BCUT2D eigenvalue weighted by molar-refractivity contribution is 5.78. The van der Waals surface area contributed by atoms with Gasteiger partial charge in [0.25, 0.3) is 0 Å². The standard InChI is InChI=1S/C23H34N2O2/c1-4-6-13-21(5-2)23(26)25(16-17-27-3)19-22-14-10-15-24(22)18-20-11-8-7-9-12-20/h7-12,14-15,21H,4-6,13,16-19H2,1-3H3. The zero-order valence-corrected chi connectivity index (χ0v) is 17.1. The zero-order valence-electron chi connectivity index (χ0n) is 17.1. The fourth-order valence-corrected chi connectivity index (χ4v) is 3.40. The molecule has 0 aliphatic heterocycles. The van der Waals surface area contributed by atoms with Gasteiger partial charge in [-0.2, -0.15) is 0 Å². The van der Waals surface area contributed by atoms with Gasteiger partial charge in [-0.15, -0.1) is 0 Å². The molecule has 0 saturated heterocycles. The molecule has 1 atom stereocenters. The molecule has 1 aromatic carbocycles. The van der Waals surface area contributed by atoms with Crippen LogP contribution in [0.25, 0.3) is 0 Å². The lowest BCUT2D eigenvalue weighted by atomic mass is 9.97. The number of carbonyl (C=O) groups excluding carboxylic acids is 1. The van der Waals surface area contributed by atoms with Crippen LogP contribution in [-0.2, 0) is 22.6 Å².